The number of amides is 1. The highest BCUT2D eigenvalue weighted by Gasteiger charge is 2.29. The number of aryl methyl sites for hydroxylation is 1. The number of nitrogens with zero attached hydrogens (tertiary/aromatic N) is 1. The molecule has 32 heavy (non-hydrogen) atoms. The number of nitrogens with one attached hydrogen (secondary N) is 2. The largest absolute Gasteiger partial charge is 0.454 e. The zero-order chi connectivity index (χ0) is 23.3. The van der Waals surface area contributed by atoms with Gasteiger partial charge in [0.2, 0.25) is 6.79 Å². The van der Waals surface area contributed by atoms with E-state index in [4.69, 9.17) is 25.6 Å². The Labute approximate surface area is 191 Å². The van der Waals surface area contributed by atoms with Crippen LogP contribution in [0.3, 0.4) is 0 Å². The number of hydrogen-bond donors (Lipinski definition) is 2. The van der Waals surface area contributed by atoms with E-state index in [1.807, 2.05) is 0 Å². The van der Waals surface area contributed by atoms with Crippen molar-refractivity contribution in [1.82, 2.24) is 5.16 Å². The molecule has 4 rings (SSSR count). The lowest BCUT2D eigenvalue weighted by Gasteiger charge is -2.12. The molecule has 0 radical (unpaired) electrons. The van der Waals surface area contributed by atoms with Gasteiger partial charge in [-0.15, -0.1) is 11.3 Å². The fraction of sp³-hybridized carbons (Fsp3) is 0.176. The van der Waals surface area contributed by atoms with Crippen molar-refractivity contribution < 1.29 is 35.6 Å². The van der Waals surface area contributed by atoms with E-state index in [9.17, 15) is 21.6 Å². The molecule has 0 saturated carbocycles. The summed E-state index contributed by atoms with van der Waals surface area (Å²) in [7, 11) is -8.04. The second-order valence-electron chi connectivity index (χ2n) is 6.56. The highest BCUT2D eigenvalue weighted by molar-refractivity contribution is 7.93. The minimum Gasteiger partial charge on any atom is -0.454 e. The summed E-state index contributed by atoms with van der Waals surface area (Å²) in [6, 6.07) is 3.75. The Hall–Kier alpha value is -2.81. The van der Waals surface area contributed by atoms with Crippen LogP contribution in [0, 0.1) is 6.92 Å². The van der Waals surface area contributed by atoms with Gasteiger partial charge in [-0.3, -0.25) is 4.79 Å². The second-order valence-corrected chi connectivity index (χ2v) is 11.5. The van der Waals surface area contributed by atoms with Gasteiger partial charge in [0.25, 0.3) is 21.8 Å². The molecular formula is C17H14ClN3O8S3. The third kappa shape index (κ3) is 4.13. The molecule has 2 N–H and O–H groups in total. The number of carbonyl (C=O) groups is 1. The smallest absolute Gasteiger partial charge is 0.267 e. The van der Waals surface area contributed by atoms with E-state index in [1.165, 1.54) is 30.5 Å². The first-order valence-electron chi connectivity index (χ1n) is 8.64. The number of carbonyl (C=O) groups excluding carboxylic acids is 1. The monoisotopic (exact) mass is 519 g/mol. The zero-order valence-corrected chi connectivity index (χ0v) is 19.5. The van der Waals surface area contributed by atoms with Crippen LogP contribution in [0.2, 0.25) is 5.02 Å². The third-order valence-electron chi connectivity index (χ3n) is 4.27. The predicted molar refractivity (Wildman–Crippen MR) is 115 cm³/mol. The Balaban J connectivity index is 1.67. The third-order valence-corrected chi connectivity index (χ3v) is 8.26. The maximum Gasteiger partial charge on any atom is 0.267 e. The molecule has 3 aromatic rings. The highest BCUT2D eigenvalue weighted by Crippen LogP contribution is 2.39. The highest BCUT2D eigenvalue weighted by atomic mass is 35.5. The number of rotatable bonds is 6. The molecule has 15 heteroatoms. The first-order chi connectivity index (χ1) is 15.0. The summed E-state index contributed by atoms with van der Waals surface area (Å²) < 4.78 is 67.5. The van der Waals surface area contributed by atoms with Crippen LogP contribution in [0.15, 0.2) is 37.9 Å². The predicted octanol–water partition coefficient (Wildman–Crippen LogP) is 2.88. The SMILES string of the molecule is Cc1noc(NS(=O)(=O)c2ccsc2C(=O)Nc2cc3c(cc2S(C)(=O)=O)OCO3)c1Cl. The van der Waals surface area contributed by atoms with Gasteiger partial charge in [-0.2, -0.15) is 0 Å². The Bertz CT molecular complexity index is 1440. The van der Waals surface area contributed by atoms with Gasteiger partial charge in [-0.1, -0.05) is 16.8 Å². The van der Waals surface area contributed by atoms with E-state index in [2.05, 4.69) is 15.2 Å². The van der Waals surface area contributed by atoms with Gasteiger partial charge in [0.15, 0.2) is 21.3 Å². The number of aromatic nitrogens is 1. The molecule has 170 valence electrons. The molecule has 0 spiro atoms. The molecule has 1 aliphatic heterocycles. The van der Waals surface area contributed by atoms with Crippen LogP contribution in [0.4, 0.5) is 11.6 Å². The van der Waals surface area contributed by atoms with E-state index < -0.39 is 25.8 Å². The van der Waals surface area contributed by atoms with Crippen LogP contribution in [0.5, 0.6) is 11.5 Å². The van der Waals surface area contributed by atoms with Crippen LogP contribution in [0.25, 0.3) is 0 Å². The molecular weight excluding hydrogens is 506 g/mol. The van der Waals surface area contributed by atoms with E-state index in [0.717, 1.165) is 17.6 Å². The number of hydrogen-bond acceptors (Lipinski definition) is 10. The standard InChI is InChI=1S/C17H14ClN3O8S3/c1-8-14(18)17(29-20-8)21-32(25,26)12-3-4-30-15(12)16(22)19-9-5-10-11(28-7-27-10)6-13(9)31(2,23)24/h3-6,21H,7H2,1-2H3,(H,19,22). The van der Waals surface area contributed by atoms with Gasteiger partial charge in [0.05, 0.1) is 10.6 Å². The number of halogens is 1. The average Bonchev–Trinajstić information content (AvgIpc) is 3.43. The molecule has 0 saturated heterocycles. The first-order valence-corrected chi connectivity index (χ1v) is 13.3. The molecule has 2 aromatic heterocycles. The molecule has 0 bridgehead atoms. The molecule has 1 aromatic carbocycles. The molecule has 0 fully saturated rings. The number of sulfonamides is 1. The Morgan fingerprint density at radius 2 is 1.84 bits per heavy atom. The normalized spacial score (nSPS) is 13.2. The summed E-state index contributed by atoms with van der Waals surface area (Å²) in [6.45, 7) is 1.43. The number of sulfone groups is 1. The van der Waals surface area contributed by atoms with Crippen molar-refractivity contribution in [2.24, 2.45) is 0 Å². The molecule has 0 aliphatic carbocycles. The fourth-order valence-electron chi connectivity index (χ4n) is 2.78. The van der Waals surface area contributed by atoms with E-state index in [-0.39, 0.29) is 55.2 Å². The Morgan fingerprint density at radius 3 is 2.47 bits per heavy atom. The van der Waals surface area contributed by atoms with Gasteiger partial charge >= 0.3 is 0 Å². The van der Waals surface area contributed by atoms with E-state index >= 15 is 0 Å². The lowest BCUT2D eigenvalue weighted by molar-refractivity contribution is 0.102. The van der Waals surface area contributed by atoms with E-state index in [0.29, 0.717) is 0 Å². The molecule has 0 unspecified atom stereocenters. The second kappa shape index (κ2) is 7.95. The zero-order valence-electron chi connectivity index (χ0n) is 16.3. The maximum atomic E-state index is 12.9. The Kier molecular flexibility index (Phi) is 5.56. The fourth-order valence-corrected chi connectivity index (χ4v) is 6.10. The van der Waals surface area contributed by atoms with Crippen molar-refractivity contribution in [3.63, 3.8) is 0 Å². The summed E-state index contributed by atoms with van der Waals surface area (Å²) in [4.78, 5) is 12.2. The van der Waals surface area contributed by atoms with Gasteiger partial charge < -0.3 is 19.3 Å². The van der Waals surface area contributed by atoms with Gasteiger partial charge in [0, 0.05) is 18.4 Å². The first kappa shape index (κ1) is 22.4. The topological polar surface area (TPSA) is 154 Å². The summed E-state index contributed by atoms with van der Waals surface area (Å²) in [5, 5.41) is 7.39. The molecule has 0 atom stereocenters. The lowest BCUT2D eigenvalue weighted by atomic mass is 10.2. The van der Waals surface area contributed by atoms with Crippen molar-refractivity contribution in [2.75, 3.05) is 23.1 Å². The van der Waals surface area contributed by atoms with Crippen molar-refractivity contribution in [2.45, 2.75) is 16.7 Å². The summed E-state index contributed by atoms with van der Waals surface area (Å²) in [6.07, 6.45) is 0.967. The van der Waals surface area contributed by atoms with E-state index in [1.54, 1.807) is 0 Å². The molecule has 1 amide bonds. The molecule has 11 nitrogen and oxygen atoms in total. The van der Waals surface area contributed by atoms with Crippen LogP contribution in [-0.4, -0.2) is 40.9 Å². The molecule has 3 heterocycles. The summed E-state index contributed by atoms with van der Waals surface area (Å²) >= 11 is 6.80. The van der Waals surface area contributed by atoms with Gasteiger partial charge in [-0.25, -0.2) is 21.6 Å². The van der Waals surface area contributed by atoms with Crippen LogP contribution >= 0.6 is 22.9 Å². The Morgan fingerprint density at radius 1 is 1.16 bits per heavy atom. The number of benzene rings is 1. The maximum absolute atomic E-state index is 12.9. The minimum absolute atomic E-state index is 0.0204. The summed E-state index contributed by atoms with van der Waals surface area (Å²) in [5.74, 6) is -0.684. The molecule has 1 aliphatic rings. The number of thiophene rings is 1. The quantitative estimate of drug-likeness (QED) is 0.500. The lowest BCUT2D eigenvalue weighted by Crippen LogP contribution is -2.19. The van der Waals surface area contributed by atoms with Gasteiger partial charge in [0.1, 0.15) is 20.5 Å². The number of ether oxygens (including phenoxy) is 2. The van der Waals surface area contributed by atoms with Crippen LogP contribution < -0.4 is 19.5 Å². The van der Waals surface area contributed by atoms with Crippen molar-refractivity contribution >= 4 is 60.3 Å². The van der Waals surface area contributed by atoms with Crippen LogP contribution in [0.1, 0.15) is 15.4 Å². The summed E-state index contributed by atoms with van der Waals surface area (Å²) in [5.41, 5.74) is 0.198. The van der Waals surface area contributed by atoms with Crippen molar-refractivity contribution in [3.05, 3.63) is 39.2 Å². The van der Waals surface area contributed by atoms with Crippen molar-refractivity contribution in [3.8, 4) is 11.5 Å². The minimum atomic E-state index is -4.28. The van der Waals surface area contributed by atoms with Crippen LogP contribution in [-0.2, 0) is 19.9 Å². The number of anilines is 2. The van der Waals surface area contributed by atoms with Crippen molar-refractivity contribution in [1.29, 1.82) is 0 Å². The average molecular weight is 520 g/mol. The van der Waals surface area contributed by atoms with Gasteiger partial charge in [-0.05, 0) is 18.4 Å². The number of fused-ring (bicyclic) bond motifs is 1.